The zero-order valence-corrected chi connectivity index (χ0v) is 16.5. The van der Waals surface area contributed by atoms with Crippen LogP contribution >= 0.6 is 23.4 Å². The zero-order chi connectivity index (χ0) is 19.8. The molecule has 0 bridgehead atoms. The van der Waals surface area contributed by atoms with E-state index >= 15 is 0 Å². The van der Waals surface area contributed by atoms with Crippen LogP contribution in [0.25, 0.3) is 0 Å². The molecule has 3 N–H and O–H groups in total. The Labute approximate surface area is 167 Å². The van der Waals surface area contributed by atoms with Crippen LogP contribution in [-0.2, 0) is 14.4 Å². The summed E-state index contributed by atoms with van der Waals surface area (Å²) < 4.78 is 0. The molecule has 2 rings (SSSR count). The first kappa shape index (κ1) is 20.8. The number of aryl methyl sites for hydroxylation is 1. The van der Waals surface area contributed by atoms with Gasteiger partial charge in [0, 0.05) is 18.3 Å². The molecule has 6 nitrogen and oxygen atoms in total. The number of amides is 3. The van der Waals surface area contributed by atoms with E-state index in [4.69, 9.17) is 11.6 Å². The maximum Gasteiger partial charge on any atom is 0.234 e. The highest BCUT2D eigenvalue weighted by Gasteiger charge is 2.09. The number of anilines is 3. The summed E-state index contributed by atoms with van der Waals surface area (Å²) in [5.74, 6) is -0.362. The molecule has 3 amide bonds. The number of benzene rings is 2. The van der Waals surface area contributed by atoms with Gasteiger partial charge in [0.15, 0.2) is 0 Å². The predicted octanol–water partition coefficient (Wildman–Crippen LogP) is 3.92. The van der Waals surface area contributed by atoms with Gasteiger partial charge in [0.25, 0.3) is 0 Å². The van der Waals surface area contributed by atoms with Crippen LogP contribution in [0.3, 0.4) is 0 Å². The minimum absolute atomic E-state index is 0.116. The molecule has 2 aromatic rings. The normalized spacial score (nSPS) is 10.2. The van der Waals surface area contributed by atoms with Crippen LogP contribution < -0.4 is 16.0 Å². The van der Waals surface area contributed by atoms with Crippen molar-refractivity contribution in [3.8, 4) is 0 Å². The summed E-state index contributed by atoms with van der Waals surface area (Å²) in [6.07, 6.45) is 0. The van der Waals surface area contributed by atoms with Gasteiger partial charge in [0.2, 0.25) is 17.7 Å². The van der Waals surface area contributed by atoms with Gasteiger partial charge in [-0.15, -0.1) is 11.8 Å². The van der Waals surface area contributed by atoms with Crippen LogP contribution in [0.5, 0.6) is 0 Å². The lowest BCUT2D eigenvalue weighted by atomic mass is 10.2. The van der Waals surface area contributed by atoms with Crippen LogP contribution in [0.1, 0.15) is 12.5 Å². The van der Waals surface area contributed by atoms with Crippen molar-refractivity contribution in [2.24, 2.45) is 0 Å². The van der Waals surface area contributed by atoms with Gasteiger partial charge >= 0.3 is 0 Å². The van der Waals surface area contributed by atoms with E-state index in [0.29, 0.717) is 16.4 Å². The maximum atomic E-state index is 12.0. The summed E-state index contributed by atoms with van der Waals surface area (Å²) in [6, 6.07) is 12.3. The summed E-state index contributed by atoms with van der Waals surface area (Å²) in [4.78, 5) is 35.0. The van der Waals surface area contributed by atoms with Crippen molar-refractivity contribution in [2.45, 2.75) is 13.8 Å². The van der Waals surface area contributed by atoms with Gasteiger partial charge in [-0.2, -0.15) is 0 Å². The molecule has 0 unspecified atom stereocenters. The third-order valence-electron chi connectivity index (χ3n) is 3.33. The number of halogens is 1. The van der Waals surface area contributed by atoms with Gasteiger partial charge in [0.05, 0.1) is 22.2 Å². The molecule has 27 heavy (non-hydrogen) atoms. The Morgan fingerprint density at radius 2 is 1.59 bits per heavy atom. The Morgan fingerprint density at radius 1 is 0.926 bits per heavy atom. The van der Waals surface area contributed by atoms with E-state index in [1.807, 2.05) is 31.2 Å². The van der Waals surface area contributed by atoms with E-state index in [2.05, 4.69) is 16.0 Å². The molecule has 0 heterocycles. The average molecular weight is 406 g/mol. The molecule has 0 radical (unpaired) electrons. The molecule has 142 valence electrons. The van der Waals surface area contributed by atoms with Crippen LogP contribution in [0.4, 0.5) is 17.1 Å². The van der Waals surface area contributed by atoms with Crippen LogP contribution in [-0.4, -0.2) is 29.2 Å². The molecule has 0 fully saturated rings. The molecule has 2 aromatic carbocycles. The monoisotopic (exact) mass is 405 g/mol. The number of rotatable bonds is 7. The lowest BCUT2D eigenvalue weighted by Gasteiger charge is -2.09. The van der Waals surface area contributed by atoms with E-state index in [1.54, 1.807) is 18.2 Å². The van der Waals surface area contributed by atoms with Gasteiger partial charge in [-0.1, -0.05) is 23.7 Å². The second kappa shape index (κ2) is 9.99. The fraction of sp³-hybridized carbons (Fsp3) is 0.211. The molecule has 0 spiro atoms. The van der Waals surface area contributed by atoms with Crippen molar-refractivity contribution < 1.29 is 14.4 Å². The third kappa shape index (κ3) is 7.32. The minimum Gasteiger partial charge on any atom is -0.326 e. The lowest BCUT2D eigenvalue weighted by molar-refractivity contribution is -0.115. The highest BCUT2D eigenvalue weighted by Crippen LogP contribution is 2.25. The number of carbonyl (C=O) groups excluding carboxylic acids is 3. The van der Waals surface area contributed by atoms with Gasteiger partial charge in [-0.25, -0.2) is 0 Å². The molecular weight excluding hydrogens is 386 g/mol. The number of hydrogen-bond donors (Lipinski definition) is 3. The Kier molecular flexibility index (Phi) is 7.69. The Balaban J connectivity index is 1.77. The first-order valence-electron chi connectivity index (χ1n) is 8.15. The summed E-state index contributed by atoms with van der Waals surface area (Å²) in [5, 5.41) is 8.40. The molecule has 0 saturated carbocycles. The van der Waals surface area contributed by atoms with E-state index in [0.717, 1.165) is 11.3 Å². The smallest absolute Gasteiger partial charge is 0.234 e. The van der Waals surface area contributed by atoms with E-state index in [1.165, 1.54) is 18.7 Å². The van der Waals surface area contributed by atoms with Gasteiger partial charge in [-0.05, 0) is 42.8 Å². The summed E-state index contributed by atoms with van der Waals surface area (Å²) in [7, 11) is 0. The van der Waals surface area contributed by atoms with Crippen LogP contribution in [0.2, 0.25) is 5.02 Å². The number of carbonyl (C=O) groups is 3. The quantitative estimate of drug-likeness (QED) is 0.651. The molecule has 0 aliphatic carbocycles. The fourth-order valence-corrected chi connectivity index (χ4v) is 3.09. The number of thioether (sulfide) groups is 1. The molecule has 0 aliphatic rings. The second-order valence-corrected chi connectivity index (χ2v) is 7.23. The third-order valence-corrected chi connectivity index (χ3v) is 4.58. The molecule has 0 saturated heterocycles. The topological polar surface area (TPSA) is 87.3 Å². The Hall–Kier alpha value is -2.51. The van der Waals surface area contributed by atoms with Crippen molar-refractivity contribution >= 4 is 58.1 Å². The standard InChI is InChI=1S/C19H20ClN3O3S/c1-12-4-3-5-14(8-12)22-18(25)10-27-11-19(26)23-17-7-6-15(9-16(17)20)21-13(2)24/h3-9H,10-11H2,1-2H3,(H,21,24)(H,22,25)(H,23,26). The Bertz CT molecular complexity index is 858. The molecular formula is C19H20ClN3O3S. The SMILES string of the molecule is CC(=O)Nc1ccc(NC(=O)CSCC(=O)Nc2cccc(C)c2)c(Cl)c1. The van der Waals surface area contributed by atoms with Crippen molar-refractivity contribution in [1.82, 2.24) is 0 Å². The second-order valence-electron chi connectivity index (χ2n) is 5.83. The largest absolute Gasteiger partial charge is 0.326 e. The van der Waals surface area contributed by atoms with Crippen molar-refractivity contribution in [3.05, 3.63) is 53.1 Å². The van der Waals surface area contributed by atoms with Crippen molar-refractivity contribution in [3.63, 3.8) is 0 Å². The average Bonchev–Trinajstić information content (AvgIpc) is 2.57. The van der Waals surface area contributed by atoms with Crippen molar-refractivity contribution in [1.29, 1.82) is 0 Å². The Morgan fingerprint density at radius 3 is 2.22 bits per heavy atom. The molecule has 0 aromatic heterocycles. The molecule has 8 heteroatoms. The highest BCUT2D eigenvalue weighted by molar-refractivity contribution is 8.00. The first-order chi connectivity index (χ1) is 12.8. The van der Waals surface area contributed by atoms with Gasteiger partial charge in [0.1, 0.15) is 0 Å². The van der Waals surface area contributed by atoms with E-state index in [-0.39, 0.29) is 29.2 Å². The zero-order valence-electron chi connectivity index (χ0n) is 15.0. The first-order valence-corrected chi connectivity index (χ1v) is 9.68. The number of nitrogens with one attached hydrogen (secondary N) is 3. The molecule has 0 aliphatic heterocycles. The van der Waals surface area contributed by atoms with Gasteiger partial charge in [-0.3, -0.25) is 14.4 Å². The van der Waals surface area contributed by atoms with Crippen LogP contribution in [0.15, 0.2) is 42.5 Å². The summed E-state index contributed by atoms with van der Waals surface area (Å²) >= 11 is 7.31. The summed E-state index contributed by atoms with van der Waals surface area (Å²) in [5.41, 5.74) is 2.78. The van der Waals surface area contributed by atoms with E-state index in [9.17, 15) is 14.4 Å². The predicted molar refractivity (Wildman–Crippen MR) is 112 cm³/mol. The van der Waals surface area contributed by atoms with Gasteiger partial charge < -0.3 is 16.0 Å². The highest BCUT2D eigenvalue weighted by atomic mass is 35.5. The number of hydrogen-bond acceptors (Lipinski definition) is 4. The maximum absolute atomic E-state index is 12.0. The van der Waals surface area contributed by atoms with Crippen molar-refractivity contribution in [2.75, 3.05) is 27.5 Å². The molecule has 0 atom stereocenters. The van der Waals surface area contributed by atoms with Crippen LogP contribution in [0, 0.1) is 6.92 Å². The summed E-state index contributed by atoms with van der Waals surface area (Å²) in [6.45, 7) is 3.35. The lowest BCUT2D eigenvalue weighted by Crippen LogP contribution is -2.18. The van der Waals surface area contributed by atoms with E-state index < -0.39 is 0 Å². The fourth-order valence-electron chi connectivity index (χ4n) is 2.24. The minimum atomic E-state index is -0.266.